The Bertz CT molecular complexity index is 480. The van der Waals surface area contributed by atoms with Crippen molar-refractivity contribution in [2.75, 3.05) is 50.8 Å². The van der Waals surface area contributed by atoms with E-state index in [0.29, 0.717) is 17.9 Å². The Balaban J connectivity index is 1.90. The Labute approximate surface area is 118 Å². The minimum absolute atomic E-state index is 0.160. The van der Waals surface area contributed by atoms with Crippen LogP contribution in [0.2, 0.25) is 0 Å². The van der Waals surface area contributed by atoms with Gasteiger partial charge in [0.2, 0.25) is 5.91 Å². The van der Waals surface area contributed by atoms with E-state index < -0.39 is 5.82 Å². The molecule has 110 valence electrons. The molecule has 2 rings (SSSR count). The maximum Gasteiger partial charge on any atom is 0.238 e. The van der Waals surface area contributed by atoms with Gasteiger partial charge < -0.3 is 16.0 Å². The fraction of sp³-hybridized carbons (Fsp3) is 0.500. The number of carbonyl (C=O) groups excluding carboxylic acids is 1. The Kier molecular flexibility index (Phi) is 4.92. The summed E-state index contributed by atoms with van der Waals surface area (Å²) in [5, 5.41) is 2.67. The molecule has 0 aromatic heterocycles. The summed E-state index contributed by atoms with van der Waals surface area (Å²) >= 11 is 0. The van der Waals surface area contributed by atoms with Gasteiger partial charge in [-0.15, -0.1) is 0 Å². The molecule has 5 nitrogen and oxygen atoms in total. The molecular formula is C14H21FN4O. The summed E-state index contributed by atoms with van der Waals surface area (Å²) < 4.78 is 13.1. The zero-order valence-electron chi connectivity index (χ0n) is 11.7. The van der Waals surface area contributed by atoms with Crippen LogP contribution in [0.15, 0.2) is 18.2 Å². The number of hydrogen-bond acceptors (Lipinski definition) is 4. The molecule has 1 aliphatic heterocycles. The Hall–Kier alpha value is -1.66. The SMILES string of the molecule is CN1CCCN(CC(=O)Nc2cc(F)ccc2N)CC1. The molecular weight excluding hydrogens is 259 g/mol. The molecule has 1 amide bonds. The van der Waals surface area contributed by atoms with E-state index >= 15 is 0 Å². The first-order valence-corrected chi connectivity index (χ1v) is 6.80. The summed E-state index contributed by atoms with van der Waals surface area (Å²) in [7, 11) is 2.08. The molecule has 1 fully saturated rings. The second kappa shape index (κ2) is 6.67. The van der Waals surface area contributed by atoms with Crippen LogP contribution < -0.4 is 11.1 Å². The number of nitrogens with two attached hydrogens (primary N) is 1. The fourth-order valence-electron chi connectivity index (χ4n) is 2.29. The first kappa shape index (κ1) is 14.7. The number of likely N-dealkylation sites (N-methyl/N-ethyl adjacent to an activating group) is 1. The molecule has 1 aromatic rings. The van der Waals surface area contributed by atoms with Gasteiger partial charge in [-0.3, -0.25) is 9.69 Å². The summed E-state index contributed by atoms with van der Waals surface area (Å²) in [4.78, 5) is 16.4. The zero-order valence-corrected chi connectivity index (χ0v) is 11.7. The van der Waals surface area contributed by atoms with Crippen LogP contribution in [0.1, 0.15) is 6.42 Å². The molecule has 0 bridgehead atoms. The van der Waals surface area contributed by atoms with Gasteiger partial charge in [-0.05, 0) is 44.8 Å². The van der Waals surface area contributed by atoms with Crippen LogP contribution >= 0.6 is 0 Å². The van der Waals surface area contributed by atoms with Crippen LogP contribution in [0.3, 0.4) is 0 Å². The molecule has 20 heavy (non-hydrogen) atoms. The summed E-state index contributed by atoms with van der Waals surface area (Å²) in [5.74, 6) is -0.572. The number of nitrogen functional groups attached to an aromatic ring is 1. The lowest BCUT2D eigenvalue weighted by Gasteiger charge is -2.19. The van der Waals surface area contributed by atoms with Crippen molar-refractivity contribution in [2.45, 2.75) is 6.42 Å². The van der Waals surface area contributed by atoms with Crippen molar-refractivity contribution in [3.05, 3.63) is 24.0 Å². The number of rotatable bonds is 3. The first-order valence-electron chi connectivity index (χ1n) is 6.80. The third-order valence-corrected chi connectivity index (χ3v) is 3.47. The maximum atomic E-state index is 13.1. The van der Waals surface area contributed by atoms with E-state index in [1.165, 1.54) is 18.2 Å². The molecule has 0 unspecified atom stereocenters. The molecule has 3 N–H and O–H groups in total. The lowest BCUT2D eigenvalue weighted by Crippen LogP contribution is -2.36. The van der Waals surface area contributed by atoms with E-state index in [4.69, 9.17) is 5.73 Å². The van der Waals surface area contributed by atoms with Crippen LogP contribution in [-0.4, -0.2) is 55.5 Å². The summed E-state index contributed by atoms with van der Waals surface area (Å²) in [6.45, 7) is 4.08. The van der Waals surface area contributed by atoms with Gasteiger partial charge in [0.25, 0.3) is 0 Å². The van der Waals surface area contributed by atoms with E-state index in [2.05, 4.69) is 22.2 Å². The average molecular weight is 280 g/mol. The summed E-state index contributed by atoms with van der Waals surface area (Å²) in [5.41, 5.74) is 6.42. The van der Waals surface area contributed by atoms with Crippen LogP contribution in [-0.2, 0) is 4.79 Å². The molecule has 6 heteroatoms. The third-order valence-electron chi connectivity index (χ3n) is 3.47. The van der Waals surface area contributed by atoms with Gasteiger partial charge in [-0.2, -0.15) is 0 Å². The van der Waals surface area contributed by atoms with Gasteiger partial charge in [0.15, 0.2) is 0 Å². The molecule has 0 saturated carbocycles. The number of carbonyl (C=O) groups is 1. The van der Waals surface area contributed by atoms with Crippen molar-refractivity contribution >= 4 is 17.3 Å². The van der Waals surface area contributed by atoms with Crippen molar-refractivity contribution in [3.8, 4) is 0 Å². The number of halogens is 1. The highest BCUT2D eigenvalue weighted by molar-refractivity contribution is 5.95. The molecule has 1 saturated heterocycles. The van der Waals surface area contributed by atoms with E-state index in [-0.39, 0.29) is 5.91 Å². The summed E-state index contributed by atoms with van der Waals surface area (Å²) in [6, 6.07) is 3.96. The monoisotopic (exact) mass is 280 g/mol. The van der Waals surface area contributed by atoms with Crippen LogP contribution in [0.25, 0.3) is 0 Å². The van der Waals surface area contributed by atoms with Crippen LogP contribution in [0.4, 0.5) is 15.8 Å². The van der Waals surface area contributed by atoms with Crippen LogP contribution in [0.5, 0.6) is 0 Å². The largest absolute Gasteiger partial charge is 0.397 e. The van der Waals surface area contributed by atoms with Crippen LogP contribution in [0, 0.1) is 5.82 Å². The predicted octanol–water partition coefficient (Wildman–Crippen LogP) is 0.984. The standard InChI is InChI=1S/C14H21FN4O/c1-18-5-2-6-19(8-7-18)10-14(20)17-13-9-11(15)3-4-12(13)16/h3-4,9H,2,5-8,10,16H2,1H3,(H,17,20). The van der Waals surface area contributed by atoms with Gasteiger partial charge in [0.1, 0.15) is 5.82 Å². The second-order valence-electron chi connectivity index (χ2n) is 5.21. The molecule has 0 atom stereocenters. The lowest BCUT2D eigenvalue weighted by molar-refractivity contribution is -0.117. The smallest absolute Gasteiger partial charge is 0.238 e. The number of anilines is 2. The highest BCUT2D eigenvalue weighted by atomic mass is 19.1. The van der Waals surface area contributed by atoms with Gasteiger partial charge in [-0.1, -0.05) is 0 Å². The number of hydrogen-bond donors (Lipinski definition) is 2. The topological polar surface area (TPSA) is 61.6 Å². The Morgan fingerprint density at radius 1 is 1.35 bits per heavy atom. The van der Waals surface area contributed by atoms with E-state index in [0.717, 1.165) is 32.6 Å². The average Bonchev–Trinajstić information content (AvgIpc) is 2.59. The number of nitrogens with zero attached hydrogens (tertiary/aromatic N) is 2. The molecule has 0 spiro atoms. The van der Waals surface area contributed by atoms with E-state index in [1.54, 1.807) is 0 Å². The maximum absolute atomic E-state index is 13.1. The third kappa shape index (κ3) is 4.18. The second-order valence-corrected chi connectivity index (χ2v) is 5.21. The Morgan fingerprint density at radius 3 is 2.95 bits per heavy atom. The highest BCUT2D eigenvalue weighted by Gasteiger charge is 2.15. The van der Waals surface area contributed by atoms with Gasteiger partial charge in [0, 0.05) is 13.1 Å². The molecule has 0 radical (unpaired) electrons. The van der Waals surface area contributed by atoms with Gasteiger partial charge in [0.05, 0.1) is 17.9 Å². The Morgan fingerprint density at radius 2 is 2.15 bits per heavy atom. The number of amides is 1. The van der Waals surface area contributed by atoms with E-state index in [9.17, 15) is 9.18 Å². The van der Waals surface area contributed by atoms with Crippen molar-refractivity contribution in [1.29, 1.82) is 0 Å². The summed E-state index contributed by atoms with van der Waals surface area (Å²) in [6.07, 6.45) is 1.05. The predicted molar refractivity (Wildman–Crippen MR) is 78.0 cm³/mol. The number of benzene rings is 1. The molecule has 1 aliphatic rings. The van der Waals surface area contributed by atoms with E-state index in [1.807, 2.05) is 0 Å². The molecule has 1 heterocycles. The number of nitrogens with one attached hydrogen (secondary N) is 1. The van der Waals surface area contributed by atoms with Crippen molar-refractivity contribution in [3.63, 3.8) is 0 Å². The normalized spacial score (nSPS) is 17.7. The quantitative estimate of drug-likeness (QED) is 0.810. The van der Waals surface area contributed by atoms with Crippen molar-refractivity contribution in [1.82, 2.24) is 9.80 Å². The van der Waals surface area contributed by atoms with Crippen molar-refractivity contribution < 1.29 is 9.18 Å². The molecule has 1 aromatic carbocycles. The fourth-order valence-corrected chi connectivity index (χ4v) is 2.29. The minimum atomic E-state index is -0.411. The zero-order chi connectivity index (χ0) is 14.5. The first-order chi connectivity index (χ1) is 9.54. The molecule has 0 aliphatic carbocycles. The van der Waals surface area contributed by atoms with Gasteiger partial charge in [-0.25, -0.2) is 4.39 Å². The van der Waals surface area contributed by atoms with Gasteiger partial charge >= 0.3 is 0 Å². The van der Waals surface area contributed by atoms with Crippen molar-refractivity contribution in [2.24, 2.45) is 0 Å². The minimum Gasteiger partial charge on any atom is -0.397 e. The highest BCUT2D eigenvalue weighted by Crippen LogP contribution is 2.19. The lowest BCUT2D eigenvalue weighted by atomic mass is 10.2.